The number of β-amino-alcohol motifs (C(OH)–C–C–N with tert-alkyl or cyclic N) is 1. The highest BCUT2D eigenvalue weighted by molar-refractivity contribution is 5.24. The van der Waals surface area contributed by atoms with E-state index in [1.54, 1.807) is 6.07 Å². The number of pyridine rings is 1. The smallest absolute Gasteiger partial charge is 0.147 e. The number of halogens is 1. The lowest BCUT2D eigenvalue weighted by atomic mass is 9.93. The van der Waals surface area contributed by atoms with Crippen LogP contribution in [0.1, 0.15) is 17.5 Å². The lowest BCUT2D eigenvalue weighted by Crippen LogP contribution is -2.31. The monoisotopic (exact) mass is 272 g/mol. The predicted octanol–water partition coefficient (Wildman–Crippen LogP) is 2.31. The van der Waals surface area contributed by atoms with E-state index in [-0.39, 0.29) is 0 Å². The molecule has 0 amide bonds. The van der Waals surface area contributed by atoms with Crippen molar-refractivity contribution in [2.24, 2.45) is 0 Å². The second-order valence-electron chi connectivity index (χ2n) is 5.33. The normalized spacial score (nSPS) is 23.1. The molecule has 2 heterocycles. The van der Waals surface area contributed by atoms with Crippen molar-refractivity contribution in [3.05, 3.63) is 65.7 Å². The molecule has 1 unspecified atom stereocenters. The van der Waals surface area contributed by atoms with Crippen LogP contribution >= 0.6 is 0 Å². The summed E-state index contributed by atoms with van der Waals surface area (Å²) in [7, 11) is 0. The maximum Gasteiger partial charge on any atom is 0.147 e. The summed E-state index contributed by atoms with van der Waals surface area (Å²) in [4.78, 5) is 5.88. The van der Waals surface area contributed by atoms with Gasteiger partial charge < -0.3 is 5.11 Å². The zero-order valence-corrected chi connectivity index (χ0v) is 11.2. The molecular formula is C16H17FN2O. The Hall–Kier alpha value is -1.78. The number of hydrogen-bond donors (Lipinski definition) is 1. The Bertz CT molecular complexity index is 590. The van der Waals surface area contributed by atoms with E-state index < -0.39 is 11.4 Å². The molecule has 1 aromatic heterocycles. The van der Waals surface area contributed by atoms with Crippen LogP contribution in [0.5, 0.6) is 0 Å². The van der Waals surface area contributed by atoms with Crippen LogP contribution < -0.4 is 0 Å². The van der Waals surface area contributed by atoms with E-state index in [2.05, 4.69) is 22.0 Å². The van der Waals surface area contributed by atoms with E-state index >= 15 is 0 Å². The molecule has 3 rings (SSSR count). The second kappa shape index (κ2) is 5.31. The van der Waals surface area contributed by atoms with Crippen molar-refractivity contribution in [3.63, 3.8) is 0 Å². The van der Waals surface area contributed by atoms with Crippen LogP contribution in [-0.4, -0.2) is 28.1 Å². The van der Waals surface area contributed by atoms with E-state index in [0.717, 1.165) is 19.3 Å². The van der Waals surface area contributed by atoms with Crippen molar-refractivity contribution in [1.29, 1.82) is 0 Å². The number of benzene rings is 1. The summed E-state index contributed by atoms with van der Waals surface area (Å²) in [6.45, 7) is 1.98. The summed E-state index contributed by atoms with van der Waals surface area (Å²) in [5.74, 6) is -0.434. The molecule has 1 N–H and O–H groups in total. The third-order valence-corrected chi connectivity index (χ3v) is 3.85. The first kappa shape index (κ1) is 13.2. The maximum atomic E-state index is 13.8. The Morgan fingerprint density at radius 1 is 1.25 bits per heavy atom. The highest BCUT2D eigenvalue weighted by atomic mass is 19.1. The average molecular weight is 272 g/mol. The summed E-state index contributed by atoms with van der Waals surface area (Å²) < 4.78 is 13.8. The van der Waals surface area contributed by atoms with Crippen LogP contribution in [0, 0.1) is 5.82 Å². The molecule has 104 valence electrons. The first-order chi connectivity index (χ1) is 9.67. The summed E-state index contributed by atoms with van der Waals surface area (Å²) in [5, 5.41) is 10.7. The van der Waals surface area contributed by atoms with Crippen LogP contribution in [0.25, 0.3) is 0 Å². The Morgan fingerprint density at radius 2 is 2.05 bits per heavy atom. The van der Waals surface area contributed by atoms with Gasteiger partial charge in [0.25, 0.3) is 0 Å². The lowest BCUT2D eigenvalue weighted by molar-refractivity contribution is 0.0416. The molecule has 0 spiro atoms. The molecule has 20 heavy (non-hydrogen) atoms. The lowest BCUT2D eigenvalue weighted by Gasteiger charge is -2.24. The van der Waals surface area contributed by atoms with Gasteiger partial charge in [0.2, 0.25) is 0 Å². The third kappa shape index (κ3) is 2.57. The largest absolute Gasteiger partial charge is 0.384 e. The van der Waals surface area contributed by atoms with E-state index in [9.17, 15) is 9.50 Å². The van der Waals surface area contributed by atoms with Crippen LogP contribution in [0.15, 0.2) is 48.8 Å². The molecule has 1 saturated heterocycles. The fourth-order valence-corrected chi connectivity index (χ4v) is 2.82. The van der Waals surface area contributed by atoms with E-state index in [1.165, 1.54) is 11.8 Å². The van der Waals surface area contributed by atoms with Gasteiger partial charge in [-0.3, -0.25) is 9.88 Å². The van der Waals surface area contributed by atoms with Gasteiger partial charge in [-0.2, -0.15) is 0 Å². The summed E-state index contributed by atoms with van der Waals surface area (Å²) >= 11 is 0. The third-order valence-electron chi connectivity index (χ3n) is 3.85. The van der Waals surface area contributed by atoms with Crippen molar-refractivity contribution >= 4 is 0 Å². The van der Waals surface area contributed by atoms with Crippen LogP contribution in [0.4, 0.5) is 4.39 Å². The zero-order valence-electron chi connectivity index (χ0n) is 11.2. The molecule has 1 aliphatic rings. The fourth-order valence-electron chi connectivity index (χ4n) is 2.82. The molecule has 4 heteroatoms. The minimum atomic E-state index is -1.11. The highest BCUT2D eigenvalue weighted by Gasteiger charge is 2.39. The molecule has 1 atom stereocenters. The van der Waals surface area contributed by atoms with Crippen LogP contribution in [0.3, 0.4) is 0 Å². The molecule has 1 fully saturated rings. The van der Waals surface area contributed by atoms with Gasteiger partial charge in [0.1, 0.15) is 11.4 Å². The minimum Gasteiger partial charge on any atom is -0.384 e. The molecule has 1 aliphatic heterocycles. The van der Waals surface area contributed by atoms with Gasteiger partial charge in [0, 0.05) is 31.4 Å². The number of aromatic nitrogens is 1. The molecule has 0 aliphatic carbocycles. The Balaban J connectivity index is 1.74. The van der Waals surface area contributed by atoms with Crippen LogP contribution in [-0.2, 0) is 12.1 Å². The number of hydrogen-bond acceptors (Lipinski definition) is 3. The van der Waals surface area contributed by atoms with Crippen molar-refractivity contribution in [2.45, 2.75) is 18.6 Å². The van der Waals surface area contributed by atoms with Crippen molar-refractivity contribution in [2.75, 3.05) is 13.1 Å². The summed E-state index contributed by atoms with van der Waals surface area (Å²) in [5.41, 5.74) is 0.442. The van der Waals surface area contributed by atoms with Gasteiger partial charge in [0.15, 0.2) is 0 Å². The molecule has 2 aromatic rings. The van der Waals surface area contributed by atoms with Gasteiger partial charge in [-0.05, 0) is 18.1 Å². The quantitative estimate of drug-likeness (QED) is 0.931. The van der Waals surface area contributed by atoms with Gasteiger partial charge in [-0.25, -0.2) is 4.39 Å². The van der Waals surface area contributed by atoms with Crippen molar-refractivity contribution in [3.8, 4) is 0 Å². The van der Waals surface area contributed by atoms with Gasteiger partial charge >= 0.3 is 0 Å². The Morgan fingerprint density at radius 3 is 2.80 bits per heavy atom. The first-order valence-electron chi connectivity index (χ1n) is 6.76. The summed E-state index contributed by atoms with van der Waals surface area (Å²) in [6, 6.07) is 11.7. The number of nitrogens with zero attached hydrogens (tertiary/aromatic N) is 2. The van der Waals surface area contributed by atoms with E-state index in [0.29, 0.717) is 18.5 Å². The van der Waals surface area contributed by atoms with Gasteiger partial charge in [-0.1, -0.05) is 30.3 Å². The second-order valence-corrected chi connectivity index (χ2v) is 5.33. The molecule has 1 aromatic carbocycles. The number of rotatable bonds is 3. The molecule has 0 radical (unpaired) electrons. The highest BCUT2D eigenvalue weighted by Crippen LogP contribution is 2.33. The van der Waals surface area contributed by atoms with Crippen LogP contribution in [0.2, 0.25) is 0 Å². The SMILES string of the molecule is OC1(c2ccncc2F)CCN(Cc2ccccc2)C1. The zero-order chi connectivity index (χ0) is 14.0. The fraction of sp³-hybridized carbons (Fsp3) is 0.312. The van der Waals surface area contributed by atoms with E-state index in [1.807, 2.05) is 18.2 Å². The number of likely N-dealkylation sites (tertiary alicyclic amines) is 1. The van der Waals surface area contributed by atoms with Gasteiger partial charge in [-0.15, -0.1) is 0 Å². The first-order valence-corrected chi connectivity index (χ1v) is 6.76. The number of aliphatic hydroxyl groups is 1. The van der Waals surface area contributed by atoms with E-state index in [4.69, 9.17) is 0 Å². The summed E-state index contributed by atoms with van der Waals surface area (Å²) in [6.07, 6.45) is 3.23. The minimum absolute atomic E-state index is 0.350. The molecule has 3 nitrogen and oxygen atoms in total. The molecular weight excluding hydrogens is 255 g/mol. The molecule has 0 saturated carbocycles. The van der Waals surface area contributed by atoms with Crippen molar-refractivity contribution in [1.82, 2.24) is 9.88 Å². The standard InChI is InChI=1S/C16H17FN2O/c17-15-10-18-8-6-14(15)16(20)7-9-19(12-16)11-13-4-2-1-3-5-13/h1-6,8,10,20H,7,9,11-12H2. The average Bonchev–Trinajstić information content (AvgIpc) is 2.83. The predicted molar refractivity (Wildman–Crippen MR) is 74.4 cm³/mol. The Kier molecular flexibility index (Phi) is 3.51. The molecule has 0 bridgehead atoms. The Labute approximate surface area is 117 Å². The van der Waals surface area contributed by atoms with Gasteiger partial charge in [0.05, 0.1) is 6.20 Å². The maximum absolute atomic E-state index is 13.8. The topological polar surface area (TPSA) is 36.4 Å². The van der Waals surface area contributed by atoms with Crippen molar-refractivity contribution < 1.29 is 9.50 Å².